The predicted molar refractivity (Wildman–Crippen MR) is 145 cm³/mol. The highest BCUT2D eigenvalue weighted by Gasteiger charge is 2.33. The van der Waals surface area contributed by atoms with E-state index in [9.17, 15) is 14.3 Å². The number of aliphatic imine (C=N–C) groups is 1. The molecule has 0 bridgehead atoms. The second-order valence-electron chi connectivity index (χ2n) is 9.09. The minimum absolute atomic E-state index is 0.0265. The van der Waals surface area contributed by atoms with E-state index in [1.807, 2.05) is 48.7 Å². The molecule has 0 saturated carbocycles. The summed E-state index contributed by atoms with van der Waals surface area (Å²) in [6, 6.07) is 13.9. The molecule has 0 unspecified atom stereocenters. The molecule has 196 valence electrons. The monoisotopic (exact) mass is 533 g/mol. The molecule has 0 saturated heterocycles. The second-order valence-corrected chi connectivity index (χ2v) is 10.2. The first-order chi connectivity index (χ1) is 18.4. The molecule has 1 atom stereocenters. The van der Waals surface area contributed by atoms with E-state index in [0.29, 0.717) is 24.6 Å². The molecule has 0 fully saturated rings. The molecule has 0 amide bonds. The lowest BCUT2D eigenvalue weighted by Crippen LogP contribution is -2.12. The minimum Gasteiger partial charge on any atom is -0.469 e. The van der Waals surface area contributed by atoms with Gasteiger partial charge in [0, 0.05) is 28.2 Å². The van der Waals surface area contributed by atoms with Crippen molar-refractivity contribution in [3.63, 3.8) is 0 Å². The smallest absolute Gasteiger partial charge is 0.308 e. The van der Waals surface area contributed by atoms with Crippen molar-refractivity contribution < 1.29 is 19.0 Å². The van der Waals surface area contributed by atoms with Crippen LogP contribution in [-0.4, -0.2) is 45.2 Å². The van der Waals surface area contributed by atoms with Crippen LogP contribution in [0.3, 0.4) is 0 Å². The number of aliphatic hydroxyl groups excluding tert-OH is 1. The lowest BCUT2D eigenvalue weighted by Gasteiger charge is -2.12. The fraction of sp³-hybridized carbons (Fsp3) is 0.286. The number of methoxy groups -OCH3 is 1. The molecule has 2 N–H and O–H groups in total. The number of nitrogens with one attached hydrogen (secondary N) is 1. The van der Waals surface area contributed by atoms with Gasteiger partial charge in [-0.25, -0.2) is 4.39 Å². The number of halogens is 1. The first-order valence-corrected chi connectivity index (χ1v) is 13.1. The molecule has 0 radical (unpaired) electrons. The van der Waals surface area contributed by atoms with Gasteiger partial charge >= 0.3 is 5.97 Å². The Kier molecular flexibility index (Phi) is 7.35. The number of aryl methyl sites for hydroxylation is 1. The molecular weight excluding hydrogens is 505 g/mol. The zero-order valence-corrected chi connectivity index (χ0v) is 22.2. The van der Waals surface area contributed by atoms with E-state index in [0.717, 1.165) is 43.5 Å². The summed E-state index contributed by atoms with van der Waals surface area (Å²) in [5.74, 6) is 0.615. The van der Waals surface area contributed by atoms with Crippen LogP contribution < -0.4 is 5.32 Å². The highest BCUT2D eigenvalue weighted by Crippen LogP contribution is 2.40. The maximum absolute atomic E-state index is 13.5. The molecule has 0 aliphatic carbocycles. The van der Waals surface area contributed by atoms with Gasteiger partial charge in [-0.05, 0) is 55.7 Å². The first-order valence-electron chi connectivity index (χ1n) is 12.3. The Bertz CT molecular complexity index is 1510. The Morgan fingerprint density at radius 1 is 1.18 bits per heavy atom. The summed E-state index contributed by atoms with van der Waals surface area (Å²) in [7, 11) is 1.36. The van der Waals surface area contributed by atoms with Crippen molar-refractivity contribution in [3.8, 4) is 5.00 Å². The van der Waals surface area contributed by atoms with Crippen molar-refractivity contribution in [3.05, 3.63) is 93.1 Å². The van der Waals surface area contributed by atoms with Gasteiger partial charge in [0.2, 0.25) is 0 Å². The third-order valence-corrected chi connectivity index (χ3v) is 7.88. The molecule has 8 nitrogen and oxygen atoms in total. The van der Waals surface area contributed by atoms with Crippen LogP contribution in [0.1, 0.15) is 51.2 Å². The van der Waals surface area contributed by atoms with E-state index in [1.54, 1.807) is 12.1 Å². The number of aromatic nitrogens is 3. The maximum atomic E-state index is 13.5. The number of benzene rings is 2. The summed E-state index contributed by atoms with van der Waals surface area (Å²) < 4.78 is 20.3. The third-order valence-electron chi connectivity index (χ3n) is 6.62. The lowest BCUT2D eigenvalue weighted by atomic mass is 9.99. The fourth-order valence-corrected chi connectivity index (χ4v) is 5.86. The summed E-state index contributed by atoms with van der Waals surface area (Å²) >= 11 is 1.47. The van der Waals surface area contributed by atoms with Gasteiger partial charge in [-0.3, -0.25) is 14.4 Å². The normalized spacial score (nSPS) is 14.3. The number of thiophene rings is 1. The van der Waals surface area contributed by atoms with Gasteiger partial charge < -0.3 is 15.2 Å². The average Bonchev–Trinajstić information content (AvgIpc) is 3.41. The quantitative estimate of drug-likeness (QED) is 0.319. The van der Waals surface area contributed by atoms with E-state index in [4.69, 9.17) is 9.73 Å². The Morgan fingerprint density at radius 3 is 2.68 bits per heavy atom. The molecule has 2 aromatic heterocycles. The number of carbonyl (C=O) groups is 1. The molecule has 2 aromatic carbocycles. The van der Waals surface area contributed by atoms with Crippen LogP contribution in [0.4, 0.5) is 10.1 Å². The zero-order chi connectivity index (χ0) is 26.8. The molecule has 38 heavy (non-hydrogen) atoms. The number of ether oxygens (including phenoxy) is 1. The molecule has 1 aliphatic heterocycles. The fourth-order valence-electron chi connectivity index (χ4n) is 4.64. The second kappa shape index (κ2) is 10.8. The number of fused-ring (bicyclic) bond motifs is 3. The lowest BCUT2D eigenvalue weighted by molar-refractivity contribution is -0.141. The summed E-state index contributed by atoms with van der Waals surface area (Å²) in [6.07, 6.45) is 0.723. The van der Waals surface area contributed by atoms with Crippen molar-refractivity contribution >= 4 is 28.7 Å². The van der Waals surface area contributed by atoms with Crippen molar-refractivity contribution in [2.45, 2.75) is 39.3 Å². The van der Waals surface area contributed by atoms with Crippen molar-refractivity contribution in [1.82, 2.24) is 14.8 Å². The maximum Gasteiger partial charge on any atom is 0.308 e. The number of rotatable bonds is 8. The first kappa shape index (κ1) is 25.7. The summed E-state index contributed by atoms with van der Waals surface area (Å²) in [4.78, 5) is 18.2. The molecule has 0 spiro atoms. The number of hydrogen-bond acceptors (Lipinski definition) is 8. The van der Waals surface area contributed by atoms with E-state index in [1.165, 1.54) is 24.5 Å². The van der Waals surface area contributed by atoms with Crippen LogP contribution in [0, 0.1) is 19.7 Å². The van der Waals surface area contributed by atoms with Gasteiger partial charge in [-0.15, -0.1) is 21.5 Å². The van der Waals surface area contributed by atoms with Crippen molar-refractivity contribution in [1.29, 1.82) is 0 Å². The Balaban J connectivity index is 1.49. The number of carbonyl (C=O) groups excluding carboxylic acids is 1. The Hall–Kier alpha value is -3.89. The molecule has 10 heteroatoms. The van der Waals surface area contributed by atoms with Gasteiger partial charge in [-0.2, -0.15) is 0 Å². The molecule has 4 aromatic rings. The zero-order valence-electron chi connectivity index (χ0n) is 21.4. The van der Waals surface area contributed by atoms with Crippen LogP contribution in [-0.2, 0) is 22.6 Å². The summed E-state index contributed by atoms with van der Waals surface area (Å²) in [5.41, 5.74) is 5.28. The van der Waals surface area contributed by atoms with E-state index < -0.39 is 6.04 Å². The van der Waals surface area contributed by atoms with E-state index in [-0.39, 0.29) is 24.8 Å². The van der Waals surface area contributed by atoms with E-state index in [2.05, 4.69) is 15.5 Å². The van der Waals surface area contributed by atoms with Crippen molar-refractivity contribution in [2.24, 2.45) is 4.99 Å². The van der Waals surface area contributed by atoms with Crippen LogP contribution in [0.15, 0.2) is 53.5 Å². The predicted octanol–water partition coefficient (Wildman–Crippen LogP) is 4.69. The highest BCUT2D eigenvalue weighted by molar-refractivity contribution is 7.15. The highest BCUT2D eigenvalue weighted by atomic mass is 32.1. The Morgan fingerprint density at radius 2 is 1.97 bits per heavy atom. The molecule has 1 aliphatic rings. The van der Waals surface area contributed by atoms with Crippen LogP contribution in [0.5, 0.6) is 0 Å². The SMILES string of the molecule is COC(=O)C[C@@H]1N=C(c2ccc(NCCc3cccc(F)c3)cc2)c2c(sc(CO)c2C)-n2c(C)nnc21. The van der Waals surface area contributed by atoms with Gasteiger partial charge in [0.1, 0.15) is 22.7 Å². The number of hydrogen-bond donors (Lipinski definition) is 2. The molecule has 5 rings (SSSR count). The average molecular weight is 534 g/mol. The summed E-state index contributed by atoms with van der Waals surface area (Å²) in [5, 5.41) is 22.9. The van der Waals surface area contributed by atoms with Gasteiger partial charge in [0.05, 0.1) is 25.8 Å². The number of anilines is 1. The topological polar surface area (TPSA) is 102 Å². The van der Waals surface area contributed by atoms with Crippen molar-refractivity contribution in [2.75, 3.05) is 19.0 Å². The third kappa shape index (κ3) is 4.97. The molecule has 3 heterocycles. The number of esters is 1. The molecular formula is C28H28FN5O3S. The van der Waals surface area contributed by atoms with E-state index >= 15 is 0 Å². The van der Waals surface area contributed by atoms with Crippen LogP contribution in [0.25, 0.3) is 5.00 Å². The number of aliphatic hydroxyl groups is 1. The minimum atomic E-state index is -0.584. The summed E-state index contributed by atoms with van der Waals surface area (Å²) in [6.45, 7) is 4.40. The standard InChI is InChI=1S/C28H28FN5O3S/c1-16-23(15-35)38-28-25(16)26(31-22(14-24(36)37-3)27-33-32-17(2)34(27)28)19-7-9-21(10-8-19)30-12-11-18-5-4-6-20(29)13-18/h4-10,13,22,30,35H,11-12,14-15H2,1-3H3/t22-/m0/s1. The van der Waals surface area contributed by atoms with Crippen LogP contribution in [0.2, 0.25) is 0 Å². The number of nitrogens with zero attached hydrogens (tertiary/aromatic N) is 4. The van der Waals surface area contributed by atoms with Gasteiger partial charge in [-0.1, -0.05) is 24.3 Å². The van der Waals surface area contributed by atoms with Gasteiger partial charge in [0.15, 0.2) is 5.82 Å². The largest absolute Gasteiger partial charge is 0.469 e. The van der Waals surface area contributed by atoms with Crippen LogP contribution >= 0.6 is 11.3 Å². The Labute approximate surface area is 223 Å². The van der Waals surface area contributed by atoms with Gasteiger partial charge in [0.25, 0.3) is 0 Å².